The fourth-order valence-corrected chi connectivity index (χ4v) is 2.23. The van der Waals surface area contributed by atoms with E-state index in [0.717, 1.165) is 5.56 Å². The van der Waals surface area contributed by atoms with E-state index in [1.165, 1.54) is 0 Å². The van der Waals surface area contributed by atoms with Crippen molar-refractivity contribution in [2.24, 2.45) is 0 Å². The molecular formula is C19H22O3. The summed E-state index contributed by atoms with van der Waals surface area (Å²) in [5.41, 5.74) is -0.442. The second-order valence-electron chi connectivity index (χ2n) is 6.44. The molecular weight excluding hydrogens is 276 g/mol. The summed E-state index contributed by atoms with van der Waals surface area (Å²) in [5, 5.41) is 11.2. The highest BCUT2D eigenvalue weighted by Gasteiger charge is 2.43. The van der Waals surface area contributed by atoms with Gasteiger partial charge in [-0.1, -0.05) is 60.2 Å². The molecule has 1 atom stereocenters. The van der Waals surface area contributed by atoms with Crippen LogP contribution >= 0.6 is 0 Å². The Balaban J connectivity index is 2.54. The molecule has 2 rings (SSSR count). The molecule has 3 nitrogen and oxygen atoms in total. The van der Waals surface area contributed by atoms with Crippen LogP contribution in [-0.2, 0) is 15.1 Å². The summed E-state index contributed by atoms with van der Waals surface area (Å²) in [6.45, 7) is 7.31. The zero-order valence-corrected chi connectivity index (χ0v) is 13.5. The van der Waals surface area contributed by atoms with E-state index < -0.39 is 17.2 Å². The van der Waals surface area contributed by atoms with E-state index in [0.29, 0.717) is 11.1 Å². The number of aliphatic hydroxyl groups is 1. The fourth-order valence-electron chi connectivity index (χ4n) is 2.23. The second-order valence-corrected chi connectivity index (χ2v) is 6.44. The van der Waals surface area contributed by atoms with Crippen LogP contribution in [0.5, 0.6) is 0 Å². The van der Waals surface area contributed by atoms with Gasteiger partial charge in [0.05, 0.1) is 0 Å². The van der Waals surface area contributed by atoms with Crippen LogP contribution in [0.3, 0.4) is 0 Å². The molecule has 2 aromatic carbocycles. The SMILES string of the molecule is Cc1ccc(C(O)(C(=O)OC(C)(C)C)c2ccccc2)cc1. The van der Waals surface area contributed by atoms with Gasteiger partial charge in [0.15, 0.2) is 0 Å². The molecule has 0 amide bonds. The van der Waals surface area contributed by atoms with Gasteiger partial charge in [0, 0.05) is 0 Å². The van der Waals surface area contributed by atoms with Crippen LogP contribution in [0.1, 0.15) is 37.5 Å². The van der Waals surface area contributed by atoms with Gasteiger partial charge >= 0.3 is 5.97 Å². The summed E-state index contributed by atoms with van der Waals surface area (Å²) >= 11 is 0. The number of hydrogen-bond donors (Lipinski definition) is 1. The Morgan fingerprint density at radius 1 is 0.909 bits per heavy atom. The third-order valence-corrected chi connectivity index (χ3v) is 3.36. The molecule has 0 aromatic heterocycles. The van der Waals surface area contributed by atoms with Crippen molar-refractivity contribution in [3.05, 3.63) is 71.3 Å². The minimum atomic E-state index is -1.82. The summed E-state index contributed by atoms with van der Waals surface area (Å²) in [6, 6.07) is 16.1. The quantitative estimate of drug-likeness (QED) is 0.881. The summed E-state index contributed by atoms with van der Waals surface area (Å²) in [4.78, 5) is 12.7. The Kier molecular flexibility index (Phi) is 4.38. The second kappa shape index (κ2) is 5.93. The summed E-state index contributed by atoms with van der Waals surface area (Å²) in [6.07, 6.45) is 0. The van der Waals surface area contributed by atoms with Gasteiger partial charge in [-0.15, -0.1) is 0 Å². The lowest BCUT2D eigenvalue weighted by Gasteiger charge is -2.31. The molecule has 0 saturated carbocycles. The number of ether oxygens (including phenoxy) is 1. The van der Waals surface area contributed by atoms with Crippen molar-refractivity contribution in [1.29, 1.82) is 0 Å². The van der Waals surface area contributed by atoms with Crippen molar-refractivity contribution < 1.29 is 14.6 Å². The minimum Gasteiger partial charge on any atom is -0.457 e. The van der Waals surface area contributed by atoms with Gasteiger partial charge in [-0.2, -0.15) is 0 Å². The molecule has 3 heteroatoms. The number of benzene rings is 2. The van der Waals surface area contributed by atoms with E-state index in [-0.39, 0.29) is 0 Å². The number of carbonyl (C=O) groups is 1. The highest BCUT2D eigenvalue weighted by atomic mass is 16.6. The Morgan fingerprint density at radius 2 is 1.41 bits per heavy atom. The fraction of sp³-hybridized carbons (Fsp3) is 0.316. The molecule has 0 heterocycles. The average Bonchev–Trinajstić information content (AvgIpc) is 2.46. The van der Waals surface area contributed by atoms with Gasteiger partial charge in [0.2, 0.25) is 5.60 Å². The van der Waals surface area contributed by atoms with Crippen molar-refractivity contribution >= 4 is 5.97 Å². The molecule has 116 valence electrons. The molecule has 2 aromatic rings. The number of hydrogen-bond acceptors (Lipinski definition) is 3. The predicted molar refractivity (Wildman–Crippen MR) is 86.5 cm³/mol. The van der Waals surface area contributed by atoms with E-state index in [2.05, 4.69) is 0 Å². The number of carbonyl (C=O) groups excluding carboxylic acids is 1. The highest BCUT2D eigenvalue weighted by Crippen LogP contribution is 2.32. The molecule has 0 bridgehead atoms. The maximum absolute atomic E-state index is 12.7. The van der Waals surface area contributed by atoms with Crippen LogP contribution < -0.4 is 0 Å². The van der Waals surface area contributed by atoms with Crippen LogP contribution in [0.4, 0.5) is 0 Å². The Morgan fingerprint density at radius 3 is 1.91 bits per heavy atom. The Labute approximate surface area is 131 Å². The molecule has 0 aliphatic carbocycles. The van der Waals surface area contributed by atoms with Crippen molar-refractivity contribution in [3.63, 3.8) is 0 Å². The molecule has 0 spiro atoms. The normalized spacial score (nSPS) is 14.2. The van der Waals surface area contributed by atoms with Crippen LogP contribution in [0.15, 0.2) is 54.6 Å². The van der Waals surface area contributed by atoms with Crippen LogP contribution in [-0.4, -0.2) is 16.7 Å². The maximum atomic E-state index is 12.7. The van der Waals surface area contributed by atoms with E-state index in [4.69, 9.17) is 4.74 Å². The molecule has 0 radical (unpaired) electrons. The van der Waals surface area contributed by atoms with E-state index in [9.17, 15) is 9.90 Å². The zero-order chi connectivity index (χ0) is 16.4. The van der Waals surface area contributed by atoms with Crippen LogP contribution in [0.2, 0.25) is 0 Å². The number of rotatable bonds is 3. The predicted octanol–water partition coefficient (Wildman–Crippen LogP) is 3.57. The molecule has 0 aliphatic rings. The third kappa shape index (κ3) is 3.37. The first-order valence-corrected chi connectivity index (χ1v) is 7.32. The number of esters is 1. The van der Waals surface area contributed by atoms with Gasteiger partial charge in [0.25, 0.3) is 0 Å². The van der Waals surface area contributed by atoms with Crippen LogP contribution in [0, 0.1) is 6.92 Å². The maximum Gasteiger partial charge on any atom is 0.348 e. The lowest BCUT2D eigenvalue weighted by atomic mass is 9.86. The molecule has 0 saturated heterocycles. The molecule has 0 fully saturated rings. The zero-order valence-electron chi connectivity index (χ0n) is 13.5. The van der Waals surface area contributed by atoms with Gasteiger partial charge in [-0.05, 0) is 38.8 Å². The first-order chi connectivity index (χ1) is 10.2. The average molecular weight is 298 g/mol. The molecule has 0 aliphatic heterocycles. The van der Waals surface area contributed by atoms with E-state index >= 15 is 0 Å². The van der Waals surface area contributed by atoms with E-state index in [1.807, 2.05) is 25.1 Å². The van der Waals surface area contributed by atoms with Gasteiger partial charge in [0.1, 0.15) is 5.60 Å². The standard InChI is InChI=1S/C19H22O3/c1-14-10-12-16(13-11-14)19(21,15-8-6-5-7-9-15)17(20)22-18(2,3)4/h5-13,21H,1-4H3. The monoisotopic (exact) mass is 298 g/mol. The van der Waals surface area contributed by atoms with Crippen LogP contribution in [0.25, 0.3) is 0 Å². The topological polar surface area (TPSA) is 46.5 Å². The smallest absolute Gasteiger partial charge is 0.348 e. The van der Waals surface area contributed by atoms with Gasteiger partial charge in [-0.3, -0.25) is 0 Å². The Hall–Kier alpha value is -2.13. The summed E-state index contributed by atoms with van der Waals surface area (Å²) in [5.74, 6) is -0.671. The largest absolute Gasteiger partial charge is 0.457 e. The first kappa shape index (κ1) is 16.2. The Bertz CT molecular complexity index is 639. The molecule has 1 N–H and O–H groups in total. The van der Waals surface area contributed by atoms with Crippen molar-refractivity contribution in [2.75, 3.05) is 0 Å². The van der Waals surface area contributed by atoms with E-state index in [1.54, 1.807) is 57.2 Å². The highest BCUT2D eigenvalue weighted by molar-refractivity contribution is 5.85. The summed E-state index contributed by atoms with van der Waals surface area (Å²) in [7, 11) is 0. The van der Waals surface area contributed by atoms with Crippen molar-refractivity contribution in [1.82, 2.24) is 0 Å². The lowest BCUT2D eigenvalue weighted by molar-refractivity contribution is -0.173. The summed E-state index contributed by atoms with van der Waals surface area (Å²) < 4.78 is 5.45. The lowest BCUT2D eigenvalue weighted by Crippen LogP contribution is -2.42. The molecule has 1 unspecified atom stereocenters. The van der Waals surface area contributed by atoms with Crippen molar-refractivity contribution in [2.45, 2.75) is 38.9 Å². The third-order valence-electron chi connectivity index (χ3n) is 3.36. The number of aryl methyl sites for hydroxylation is 1. The minimum absolute atomic E-state index is 0.494. The first-order valence-electron chi connectivity index (χ1n) is 7.32. The van der Waals surface area contributed by atoms with Gasteiger partial charge < -0.3 is 9.84 Å². The van der Waals surface area contributed by atoms with Gasteiger partial charge in [-0.25, -0.2) is 4.79 Å². The van der Waals surface area contributed by atoms with Crippen molar-refractivity contribution in [3.8, 4) is 0 Å². The molecule has 22 heavy (non-hydrogen) atoms.